The molecule has 0 N–H and O–H groups in total. The first kappa shape index (κ1) is 23.0. The molecule has 0 saturated carbocycles. The van der Waals surface area contributed by atoms with Crippen molar-refractivity contribution in [1.82, 2.24) is 0 Å². The quantitative estimate of drug-likeness (QED) is 0.168. The number of ether oxygens (including phenoxy) is 1. The van der Waals surface area contributed by atoms with Crippen molar-refractivity contribution in [3.05, 3.63) is 109 Å². The fraction of sp³-hybridized carbons (Fsp3) is 0.154. The highest BCUT2D eigenvalue weighted by Gasteiger charge is 2.19. The molecule has 0 unspecified atom stereocenters. The number of aryl methyl sites for hydroxylation is 1. The van der Waals surface area contributed by atoms with Crippen molar-refractivity contribution in [2.75, 3.05) is 0 Å². The Hall–Kier alpha value is -3.15. The van der Waals surface area contributed by atoms with Crippen molar-refractivity contribution >= 4 is 40.1 Å². The molecule has 0 radical (unpaired) electrons. The van der Waals surface area contributed by atoms with Crippen LogP contribution in [0.3, 0.4) is 0 Å². The van der Waals surface area contributed by atoms with Gasteiger partial charge in [0.15, 0.2) is 0 Å². The summed E-state index contributed by atoms with van der Waals surface area (Å²) in [6.07, 6.45) is 1.37. The lowest BCUT2D eigenvalue weighted by Gasteiger charge is -2.13. The van der Waals surface area contributed by atoms with Crippen LogP contribution in [0.15, 0.2) is 69.9 Å². The first-order chi connectivity index (χ1) is 15.9. The highest BCUT2D eigenvalue weighted by molar-refractivity contribution is 6.33. The van der Waals surface area contributed by atoms with Crippen LogP contribution >= 0.6 is 23.2 Å². The third-order valence-corrected chi connectivity index (χ3v) is 5.99. The van der Waals surface area contributed by atoms with Crippen molar-refractivity contribution < 1.29 is 18.3 Å². The van der Waals surface area contributed by atoms with E-state index >= 15 is 0 Å². The Kier molecular flexibility index (Phi) is 6.82. The lowest BCUT2D eigenvalue weighted by molar-refractivity contribution is 0.0735. The zero-order chi connectivity index (χ0) is 23.5. The van der Waals surface area contributed by atoms with Crippen molar-refractivity contribution in [3.63, 3.8) is 0 Å². The van der Waals surface area contributed by atoms with Gasteiger partial charge >= 0.3 is 11.6 Å². The van der Waals surface area contributed by atoms with Crippen LogP contribution in [0.25, 0.3) is 11.0 Å². The number of carbonyl (C=O) groups is 1. The van der Waals surface area contributed by atoms with Gasteiger partial charge in [0.2, 0.25) is 0 Å². The van der Waals surface area contributed by atoms with Gasteiger partial charge in [0.05, 0.1) is 10.6 Å². The fourth-order valence-electron chi connectivity index (χ4n) is 3.73. The molecule has 1 heterocycles. The smallest absolute Gasteiger partial charge is 0.345 e. The summed E-state index contributed by atoms with van der Waals surface area (Å²) in [4.78, 5) is 25.4. The Balaban J connectivity index is 1.75. The molecule has 0 saturated heterocycles. The van der Waals surface area contributed by atoms with Crippen LogP contribution in [-0.2, 0) is 12.8 Å². The molecule has 1 aromatic heterocycles. The van der Waals surface area contributed by atoms with Gasteiger partial charge in [-0.2, -0.15) is 0 Å². The molecule has 0 aliphatic heterocycles. The van der Waals surface area contributed by atoms with E-state index < -0.39 is 17.4 Å². The summed E-state index contributed by atoms with van der Waals surface area (Å²) in [6.45, 7) is 1.99. The van der Waals surface area contributed by atoms with E-state index in [9.17, 15) is 14.0 Å². The van der Waals surface area contributed by atoms with E-state index in [1.165, 1.54) is 18.2 Å². The van der Waals surface area contributed by atoms with Gasteiger partial charge in [0, 0.05) is 34.0 Å². The van der Waals surface area contributed by atoms with Crippen LogP contribution in [0, 0.1) is 5.82 Å². The van der Waals surface area contributed by atoms with Gasteiger partial charge < -0.3 is 9.15 Å². The second kappa shape index (κ2) is 9.77. The van der Waals surface area contributed by atoms with Gasteiger partial charge in [0.25, 0.3) is 0 Å². The first-order valence-electron chi connectivity index (χ1n) is 10.4. The molecular weight excluding hydrogens is 466 g/mol. The number of hydrogen-bond acceptors (Lipinski definition) is 4. The highest BCUT2D eigenvalue weighted by atomic mass is 35.5. The summed E-state index contributed by atoms with van der Waals surface area (Å²) >= 11 is 12.2. The summed E-state index contributed by atoms with van der Waals surface area (Å²) < 4.78 is 25.3. The summed E-state index contributed by atoms with van der Waals surface area (Å²) in [6, 6.07) is 15.8. The minimum absolute atomic E-state index is 0.0162. The monoisotopic (exact) mass is 484 g/mol. The van der Waals surface area contributed by atoms with Crippen molar-refractivity contribution in [2.45, 2.75) is 26.2 Å². The molecule has 168 valence electrons. The van der Waals surface area contributed by atoms with Crippen LogP contribution in [0.2, 0.25) is 10.0 Å². The maximum absolute atomic E-state index is 14.4. The van der Waals surface area contributed by atoms with Crippen LogP contribution < -0.4 is 10.4 Å². The van der Waals surface area contributed by atoms with Crippen LogP contribution in [-0.4, -0.2) is 5.97 Å². The molecule has 0 bridgehead atoms. The number of carbonyl (C=O) groups excluding carboxylic acids is 1. The summed E-state index contributed by atoms with van der Waals surface area (Å²) in [7, 11) is 0. The number of rotatable bonds is 6. The molecule has 33 heavy (non-hydrogen) atoms. The lowest BCUT2D eigenvalue weighted by atomic mass is 9.95. The molecule has 7 heteroatoms. The Morgan fingerprint density at radius 2 is 1.73 bits per heavy atom. The van der Waals surface area contributed by atoms with Gasteiger partial charge in [-0.15, -0.1) is 0 Å². The van der Waals surface area contributed by atoms with E-state index in [0.717, 1.165) is 12.0 Å². The number of halogens is 3. The third kappa shape index (κ3) is 4.80. The molecule has 4 rings (SSSR count). The van der Waals surface area contributed by atoms with Gasteiger partial charge in [0.1, 0.15) is 17.1 Å². The van der Waals surface area contributed by atoms with Crippen molar-refractivity contribution in [2.24, 2.45) is 0 Å². The lowest BCUT2D eigenvalue weighted by Crippen LogP contribution is -2.14. The number of esters is 1. The normalized spacial score (nSPS) is 11.0. The van der Waals surface area contributed by atoms with E-state index in [1.807, 2.05) is 6.92 Å². The Morgan fingerprint density at radius 3 is 2.45 bits per heavy atom. The van der Waals surface area contributed by atoms with E-state index in [0.29, 0.717) is 17.4 Å². The minimum Gasteiger partial charge on any atom is -0.423 e. The molecule has 0 aliphatic carbocycles. The van der Waals surface area contributed by atoms with Crippen LogP contribution in [0.5, 0.6) is 5.75 Å². The maximum Gasteiger partial charge on any atom is 0.345 e. The predicted molar refractivity (Wildman–Crippen MR) is 127 cm³/mol. The van der Waals surface area contributed by atoms with Crippen LogP contribution in [0.1, 0.15) is 40.4 Å². The topological polar surface area (TPSA) is 56.5 Å². The zero-order valence-corrected chi connectivity index (χ0v) is 19.2. The number of fused-ring (bicyclic) bond motifs is 1. The summed E-state index contributed by atoms with van der Waals surface area (Å²) in [5, 5.41) is 1.21. The van der Waals surface area contributed by atoms with E-state index in [4.69, 9.17) is 32.4 Å². The molecule has 0 spiro atoms. The third-order valence-electron chi connectivity index (χ3n) is 5.31. The van der Waals surface area contributed by atoms with Crippen molar-refractivity contribution in [1.29, 1.82) is 0 Å². The molecule has 0 amide bonds. The Bertz CT molecular complexity index is 1390. The standard InChI is InChI=1S/C26H19Cl2FO4/c1-2-6-16-17-12-11-15(32-25(30)18-7-3-4-8-21(18)27)13-24(17)33-26(31)19(16)14-20-22(28)9-5-10-23(20)29/h3-5,7-13H,2,6,14H2,1H3. The van der Waals surface area contributed by atoms with E-state index in [2.05, 4.69) is 0 Å². The number of benzene rings is 3. The Morgan fingerprint density at radius 1 is 0.970 bits per heavy atom. The second-order valence-electron chi connectivity index (χ2n) is 7.50. The SMILES string of the molecule is CCCc1c(Cc2c(F)cccc2Cl)c(=O)oc2cc(OC(=O)c3ccccc3Cl)ccc12. The fourth-order valence-corrected chi connectivity index (χ4v) is 4.17. The second-order valence-corrected chi connectivity index (χ2v) is 8.32. The summed E-state index contributed by atoms with van der Waals surface area (Å²) in [5.74, 6) is -0.893. The molecule has 0 fully saturated rings. The molecule has 0 atom stereocenters. The van der Waals surface area contributed by atoms with Crippen LogP contribution in [0.4, 0.5) is 4.39 Å². The minimum atomic E-state index is -0.623. The molecule has 3 aromatic carbocycles. The van der Waals surface area contributed by atoms with Gasteiger partial charge in [-0.1, -0.05) is 54.7 Å². The molecular formula is C26H19Cl2FO4. The maximum atomic E-state index is 14.4. The molecule has 4 aromatic rings. The van der Waals surface area contributed by atoms with Gasteiger partial charge in [-0.05, 0) is 48.4 Å². The number of hydrogen-bond donors (Lipinski definition) is 0. The Labute approximate surface area is 199 Å². The van der Waals surface area contributed by atoms with Crippen molar-refractivity contribution in [3.8, 4) is 5.75 Å². The average Bonchev–Trinajstić information content (AvgIpc) is 2.78. The van der Waals surface area contributed by atoms with E-state index in [-0.39, 0.29) is 38.9 Å². The molecule has 0 aliphatic rings. The first-order valence-corrected chi connectivity index (χ1v) is 11.1. The van der Waals surface area contributed by atoms with Gasteiger partial charge in [-0.3, -0.25) is 0 Å². The zero-order valence-electron chi connectivity index (χ0n) is 17.7. The molecule has 4 nitrogen and oxygen atoms in total. The van der Waals surface area contributed by atoms with E-state index in [1.54, 1.807) is 42.5 Å². The van der Waals surface area contributed by atoms with Gasteiger partial charge in [-0.25, -0.2) is 14.0 Å². The average molecular weight is 485 g/mol. The summed E-state index contributed by atoms with van der Waals surface area (Å²) in [5.41, 5.74) is 1.28. The largest absolute Gasteiger partial charge is 0.423 e. The predicted octanol–water partition coefficient (Wildman–Crippen LogP) is 7.00. The highest BCUT2D eigenvalue weighted by Crippen LogP contribution is 2.29.